The Balaban J connectivity index is 2.15. The van der Waals surface area contributed by atoms with Crippen LogP contribution in [0.1, 0.15) is 44.4 Å². The van der Waals surface area contributed by atoms with E-state index >= 15 is 0 Å². The van der Waals surface area contributed by atoms with Crippen LogP contribution in [0.5, 0.6) is 0 Å². The number of nitrogens with zero attached hydrogens (tertiary/aromatic N) is 3. The van der Waals surface area contributed by atoms with Crippen molar-refractivity contribution in [3.05, 3.63) is 34.4 Å². The zero-order valence-electron chi connectivity index (χ0n) is 9.92. The molecule has 0 unspecified atom stereocenters. The molecule has 6 nitrogen and oxygen atoms in total. The SMILES string of the molecule is CCCCc1noc([C@H](C)n2occc2=O)n1. The Labute approximate surface area is 98.2 Å². The number of aryl methyl sites for hydroxylation is 1. The van der Waals surface area contributed by atoms with Crippen LogP contribution in [0.3, 0.4) is 0 Å². The van der Waals surface area contributed by atoms with Crippen LogP contribution >= 0.6 is 0 Å². The Bertz CT molecular complexity index is 526. The predicted octanol–water partition coefficient (Wildman–Crippen LogP) is 1.78. The molecule has 2 heterocycles. The largest absolute Gasteiger partial charge is 0.383 e. The van der Waals surface area contributed by atoms with E-state index in [1.54, 1.807) is 6.92 Å². The monoisotopic (exact) mass is 237 g/mol. The van der Waals surface area contributed by atoms with Gasteiger partial charge < -0.3 is 9.05 Å². The van der Waals surface area contributed by atoms with Crippen molar-refractivity contribution in [2.45, 2.75) is 39.2 Å². The molecule has 6 heteroatoms. The van der Waals surface area contributed by atoms with E-state index in [0.29, 0.717) is 11.7 Å². The summed E-state index contributed by atoms with van der Waals surface area (Å²) in [6, 6.07) is 0.977. The van der Waals surface area contributed by atoms with Gasteiger partial charge in [0.2, 0.25) is 0 Å². The van der Waals surface area contributed by atoms with Crippen LogP contribution in [0, 0.1) is 0 Å². The fraction of sp³-hybridized carbons (Fsp3) is 0.545. The van der Waals surface area contributed by atoms with Crippen molar-refractivity contribution in [3.63, 3.8) is 0 Å². The van der Waals surface area contributed by atoms with E-state index in [-0.39, 0.29) is 11.6 Å². The highest BCUT2D eigenvalue weighted by atomic mass is 16.5. The lowest BCUT2D eigenvalue weighted by Gasteiger charge is -2.03. The van der Waals surface area contributed by atoms with Gasteiger partial charge in [-0.2, -0.15) is 9.72 Å². The molecule has 0 spiro atoms. The molecule has 1 atom stereocenters. The molecule has 0 saturated heterocycles. The molecule has 0 radical (unpaired) electrons. The second kappa shape index (κ2) is 4.99. The van der Waals surface area contributed by atoms with Crippen LogP contribution < -0.4 is 5.56 Å². The van der Waals surface area contributed by atoms with Crippen LogP contribution in [0.4, 0.5) is 0 Å². The molecule has 92 valence electrons. The van der Waals surface area contributed by atoms with E-state index in [9.17, 15) is 4.79 Å². The molecular weight excluding hydrogens is 222 g/mol. The van der Waals surface area contributed by atoms with E-state index in [4.69, 9.17) is 9.05 Å². The van der Waals surface area contributed by atoms with Gasteiger partial charge >= 0.3 is 0 Å². The number of unbranched alkanes of at least 4 members (excludes halogenated alkanes) is 1. The molecule has 2 aromatic heterocycles. The maximum Gasteiger partial charge on any atom is 0.283 e. The standard InChI is InChI=1S/C11H15N3O3/c1-3-4-5-9-12-11(17-13-9)8(2)14-10(15)6-7-16-14/h6-8H,3-5H2,1-2H3/t8-/m0/s1. The van der Waals surface area contributed by atoms with Gasteiger partial charge in [-0.3, -0.25) is 4.79 Å². The van der Waals surface area contributed by atoms with Gasteiger partial charge in [0.25, 0.3) is 11.4 Å². The van der Waals surface area contributed by atoms with Crippen LogP contribution in [0.15, 0.2) is 26.2 Å². The number of hydrogen-bond donors (Lipinski definition) is 0. The Morgan fingerprint density at radius 1 is 1.53 bits per heavy atom. The quantitative estimate of drug-likeness (QED) is 0.792. The minimum absolute atomic E-state index is 0.217. The first kappa shape index (κ1) is 11.6. The maximum atomic E-state index is 11.4. The van der Waals surface area contributed by atoms with Crippen LogP contribution in [0.25, 0.3) is 0 Å². The average molecular weight is 237 g/mol. The second-order valence-corrected chi connectivity index (χ2v) is 3.90. The number of rotatable bonds is 5. The lowest BCUT2D eigenvalue weighted by Crippen LogP contribution is -2.18. The van der Waals surface area contributed by atoms with E-state index in [1.807, 2.05) is 0 Å². The third-order valence-electron chi connectivity index (χ3n) is 2.55. The molecule has 2 rings (SSSR count). The molecule has 0 amide bonds. The van der Waals surface area contributed by atoms with Crippen LogP contribution in [0.2, 0.25) is 0 Å². The highest BCUT2D eigenvalue weighted by Gasteiger charge is 2.18. The summed E-state index contributed by atoms with van der Waals surface area (Å²) in [5.41, 5.74) is -0.217. The van der Waals surface area contributed by atoms with Crippen molar-refractivity contribution in [2.24, 2.45) is 0 Å². The topological polar surface area (TPSA) is 74.1 Å². The summed E-state index contributed by atoms with van der Waals surface area (Å²) in [7, 11) is 0. The average Bonchev–Trinajstić information content (AvgIpc) is 2.94. The first-order chi connectivity index (χ1) is 8.22. The van der Waals surface area contributed by atoms with Gasteiger partial charge in [-0.05, 0) is 13.3 Å². The lowest BCUT2D eigenvalue weighted by molar-refractivity contribution is 0.210. The third kappa shape index (κ3) is 2.46. The fourth-order valence-corrected chi connectivity index (χ4v) is 1.54. The molecule has 0 aliphatic carbocycles. The van der Waals surface area contributed by atoms with Crippen LogP contribution in [-0.4, -0.2) is 14.9 Å². The second-order valence-electron chi connectivity index (χ2n) is 3.90. The minimum Gasteiger partial charge on any atom is -0.383 e. The molecule has 0 saturated carbocycles. The van der Waals surface area contributed by atoms with Gasteiger partial charge in [0.15, 0.2) is 5.82 Å². The van der Waals surface area contributed by atoms with Crippen molar-refractivity contribution >= 4 is 0 Å². The third-order valence-corrected chi connectivity index (χ3v) is 2.55. The number of hydrogen-bond acceptors (Lipinski definition) is 5. The zero-order valence-corrected chi connectivity index (χ0v) is 9.92. The van der Waals surface area contributed by atoms with E-state index < -0.39 is 0 Å². The summed E-state index contributed by atoms with van der Waals surface area (Å²) in [5.74, 6) is 1.07. The van der Waals surface area contributed by atoms with Gasteiger partial charge in [-0.25, -0.2) is 0 Å². The molecule has 0 N–H and O–H groups in total. The summed E-state index contributed by atoms with van der Waals surface area (Å²) < 4.78 is 11.4. The van der Waals surface area contributed by atoms with Gasteiger partial charge in [-0.15, -0.1) is 0 Å². The van der Waals surface area contributed by atoms with Crippen molar-refractivity contribution in [2.75, 3.05) is 0 Å². The minimum atomic E-state index is -0.375. The molecule has 0 bridgehead atoms. The molecule has 17 heavy (non-hydrogen) atoms. The van der Waals surface area contributed by atoms with Crippen molar-refractivity contribution in [1.82, 2.24) is 14.9 Å². The molecule has 2 aromatic rings. The van der Waals surface area contributed by atoms with Gasteiger partial charge in [0.1, 0.15) is 12.3 Å². The van der Waals surface area contributed by atoms with E-state index in [2.05, 4.69) is 17.1 Å². The first-order valence-electron chi connectivity index (χ1n) is 5.71. The van der Waals surface area contributed by atoms with Gasteiger partial charge in [0, 0.05) is 12.5 Å². The van der Waals surface area contributed by atoms with Crippen LogP contribution in [-0.2, 0) is 6.42 Å². The first-order valence-corrected chi connectivity index (χ1v) is 5.71. The zero-order chi connectivity index (χ0) is 12.3. The van der Waals surface area contributed by atoms with Crippen molar-refractivity contribution in [1.29, 1.82) is 0 Å². The molecular formula is C11H15N3O3. The lowest BCUT2D eigenvalue weighted by atomic mass is 10.2. The highest BCUT2D eigenvalue weighted by molar-refractivity contribution is 4.93. The summed E-state index contributed by atoms with van der Waals surface area (Å²) in [4.78, 5) is 15.6. The summed E-state index contributed by atoms with van der Waals surface area (Å²) in [6.07, 6.45) is 4.23. The van der Waals surface area contributed by atoms with Crippen molar-refractivity contribution in [3.8, 4) is 0 Å². The van der Waals surface area contributed by atoms with E-state index in [0.717, 1.165) is 19.3 Å². The highest BCUT2D eigenvalue weighted by Crippen LogP contribution is 2.14. The Morgan fingerprint density at radius 3 is 3.00 bits per heavy atom. The molecule has 0 aliphatic heterocycles. The van der Waals surface area contributed by atoms with Gasteiger partial charge in [0.05, 0.1) is 0 Å². The Kier molecular flexibility index (Phi) is 3.41. The number of aromatic nitrogens is 3. The van der Waals surface area contributed by atoms with Crippen molar-refractivity contribution < 1.29 is 9.05 Å². The molecule has 0 aromatic carbocycles. The summed E-state index contributed by atoms with van der Waals surface area (Å²) >= 11 is 0. The summed E-state index contributed by atoms with van der Waals surface area (Å²) in [5, 5.41) is 3.87. The maximum absolute atomic E-state index is 11.4. The van der Waals surface area contributed by atoms with E-state index in [1.165, 1.54) is 17.1 Å². The Hall–Kier alpha value is -1.85. The smallest absolute Gasteiger partial charge is 0.283 e. The normalized spacial score (nSPS) is 12.8. The van der Waals surface area contributed by atoms with Gasteiger partial charge in [-0.1, -0.05) is 18.5 Å². The molecule has 0 aliphatic rings. The fourth-order valence-electron chi connectivity index (χ4n) is 1.54. The summed E-state index contributed by atoms with van der Waals surface area (Å²) in [6.45, 7) is 3.88. The Morgan fingerprint density at radius 2 is 2.35 bits per heavy atom. The molecule has 0 fully saturated rings. The predicted molar refractivity (Wildman–Crippen MR) is 59.7 cm³/mol.